The van der Waals surface area contributed by atoms with E-state index in [0.717, 1.165) is 32.7 Å². The zero-order valence-corrected chi connectivity index (χ0v) is 11.7. The van der Waals surface area contributed by atoms with E-state index in [0.29, 0.717) is 12.2 Å². The van der Waals surface area contributed by atoms with Gasteiger partial charge in [0.1, 0.15) is 5.75 Å². The minimum atomic E-state index is -2.80. The molecule has 0 aliphatic carbocycles. The molecule has 0 spiro atoms. The van der Waals surface area contributed by atoms with Crippen LogP contribution < -0.4 is 10.1 Å². The number of halogens is 2. The van der Waals surface area contributed by atoms with Gasteiger partial charge in [-0.1, -0.05) is 12.1 Å². The summed E-state index contributed by atoms with van der Waals surface area (Å²) in [6.07, 6.45) is 0. The Morgan fingerprint density at radius 1 is 1.20 bits per heavy atom. The Bertz CT molecular complexity index is 409. The number of para-hydroxylation sites is 2. The van der Waals surface area contributed by atoms with Gasteiger partial charge in [0.05, 0.1) is 5.69 Å². The molecule has 4 nitrogen and oxygen atoms in total. The molecule has 1 aromatic carbocycles. The van der Waals surface area contributed by atoms with Crippen LogP contribution in [0.5, 0.6) is 5.75 Å². The Labute approximate surface area is 118 Å². The Morgan fingerprint density at radius 2 is 1.90 bits per heavy atom. The van der Waals surface area contributed by atoms with Crippen molar-refractivity contribution in [2.45, 2.75) is 6.61 Å². The minimum absolute atomic E-state index is 0.195. The number of benzene rings is 1. The van der Waals surface area contributed by atoms with Crippen LogP contribution in [0.25, 0.3) is 0 Å². The van der Waals surface area contributed by atoms with Crippen LogP contribution in [0.3, 0.4) is 0 Å². The Balaban J connectivity index is 1.79. The molecule has 1 aliphatic rings. The largest absolute Gasteiger partial charge is 0.433 e. The van der Waals surface area contributed by atoms with E-state index in [9.17, 15) is 8.78 Å². The Hall–Kier alpha value is -1.40. The number of nitrogens with zero attached hydrogens (tertiary/aromatic N) is 2. The van der Waals surface area contributed by atoms with Crippen LogP contribution in [0, 0.1) is 0 Å². The molecule has 1 heterocycles. The lowest BCUT2D eigenvalue weighted by Crippen LogP contribution is -2.45. The smallest absolute Gasteiger partial charge is 0.387 e. The fraction of sp³-hybridized carbons (Fsp3) is 0.571. The van der Waals surface area contributed by atoms with Crippen molar-refractivity contribution >= 4 is 5.69 Å². The molecule has 0 atom stereocenters. The second kappa shape index (κ2) is 7.40. The van der Waals surface area contributed by atoms with Gasteiger partial charge >= 0.3 is 6.61 Å². The topological polar surface area (TPSA) is 27.7 Å². The van der Waals surface area contributed by atoms with Crippen molar-refractivity contribution in [2.24, 2.45) is 0 Å². The number of anilines is 1. The number of nitrogens with one attached hydrogen (secondary N) is 1. The summed E-state index contributed by atoms with van der Waals surface area (Å²) in [5.74, 6) is 0.195. The fourth-order valence-electron chi connectivity index (χ4n) is 2.23. The highest BCUT2D eigenvalue weighted by atomic mass is 19.3. The third-order valence-corrected chi connectivity index (χ3v) is 3.44. The van der Waals surface area contributed by atoms with Crippen molar-refractivity contribution < 1.29 is 13.5 Å². The van der Waals surface area contributed by atoms with E-state index in [2.05, 4.69) is 26.9 Å². The molecule has 0 radical (unpaired) electrons. The summed E-state index contributed by atoms with van der Waals surface area (Å²) >= 11 is 0. The highest BCUT2D eigenvalue weighted by Crippen LogP contribution is 2.25. The van der Waals surface area contributed by atoms with Crippen molar-refractivity contribution in [3.05, 3.63) is 24.3 Å². The summed E-state index contributed by atoms with van der Waals surface area (Å²) in [4.78, 5) is 4.67. The molecule has 1 saturated heterocycles. The average Bonchev–Trinajstić information content (AvgIpc) is 2.42. The second-order valence-corrected chi connectivity index (χ2v) is 4.95. The molecule has 0 unspecified atom stereocenters. The Morgan fingerprint density at radius 3 is 2.60 bits per heavy atom. The first-order chi connectivity index (χ1) is 9.65. The van der Waals surface area contributed by atoms with Gasteiger partial charge in [0.2, 0.25) is 0 Å². The molecule has 1 fully saturated rings. The lowest BCUT2D eigenvalue weighted by Gasteiger charge is -2.32. The summed E-state index contributed by atoms with van der Waals surface area (Å²) in [7, 11) is 2.12. The fourth-order valence-corrected chi connectivity index (χ4v) is 2.23. The number of rotatable bonds is 6. The third-order valence-electron chi connectivity index (χ3n) is 3.44. The molecule has 112 valence electrons. The quantitative estimate of drug-likeness (QED) is 0.864. The van der Waals surface area contributed by atoms with E-state index in [1.807, 2.05) is 0 Å². The van der Waals surface area contributed by atoms with Gasteiger partial charge in [0, 0.05) is 39.3 Å². The SMILES string of the molecule is CN1CCN(CCNc2ccccc2OC(F)F)CC1. The molecule has 1 aromatic rings. The molecular weight excluding hydrogens is 264 g/mol. The van der Waals surface area contributed by atoms with Gasteiger partial charge in [-0.05, 0) is 19.2 Å². The first-order valence-corrected chi connectivity index (χ1v) is 6.84. The zero-order chi connectivity index (χ0) is 14.4. The van der Waals surface area contributed by atoms with Crippen LogP contribution in [0.4, 0.5) is 14.5 Å². The standard InChI is InChI=1S/C14H21F2N3O/c1-18-8-10-19(11-9-18)7-6-17-12-4-2-3-5-13(12)20-14(15)16/h2-5,14,17H,6-11H2,1H3. The highest BCUT2D eigenvalue weighted by Gasteiger charge is 2.13. The molecule has 0 aromatic heterocycles. The number of hydrogen-bond donors (Lipinski definition) is 1. The molecule has 1 N–H and O–H groups in total. The predicted molar refractivity (Wildman–Crippen MR) is 75.5 cm³/mol. The van der Waals surface area contributed by atoms with Crippen LogP contribution >= 0.6 is 0 Å². The van der Waals surface area contributed by atoms with E-state index < -0.39 is 6.61 Å². The van der Waals surface area contributed by atoms with Gasteiger partial charge in [0.15, 0.2) is 0 Å². The van der Waals surface area contributed by atoms with Crippen LogP contribution in [-0.2, 0) is 0 Å². The first kappa shape index (κ1) is 15.0. The molecule has 6 heteroatoms. The number of piperazine rings is 1. The summed E-state index contributed by atoms with van der Waals surface area (Å²) < 4.78 is 29.1. The second-order valence-electron chi connectivity index (χ2n) is 4.95. The van der Waals surface area contributed by atoms with Gasteiger partial charge in [0.25, 0.3) is 0 Å². The van der Waals surface area contributed by atoms with Crippen molar-refractivity contribution in [1.82, 2.24) is 9.80 Å². The predicted octanol–water partition coefficient (Wildman–Crippen LogP) is 1.95. The van der Waals surface area contributed by atoms with Gasteiger partial charge in [-0.25, -0.2) is 0 Å². The normalized spacial score (nSPS) is 17.4. The number of alkyl halides is 2. The van der Waals surface area contributed by atoms with Crippen LogP contribution in [0.1, 0.15) is 0 Å². The van der Waals surface area contributed by atoms with Gasteiger partial charge in [-0.3, -0.25) is 4.90 Å². The number of hydrogen-bond acceptors (Lipinski definition) is 4. The minimum Gasteiger partial charge on any atom is -0.433 e. The van der Waals surface area contributed by atoms with Gasteiger partial charge in [-0.2, -0.15) is 8.78 Å². The summed E-state index contributed by atoms with van der Waals surface area (Å²) in [5.41, 5.74) is 0.613. The maximum atomic E-state index is 12.3. The maximum Gasteiger partial charge on any atom is 0.387 e. The maximum absolute atomic E-state index is 12.3. The van der Waals surface area contributed by atoms with Crippen molar-refractivity contribution in [3.8, 4) is 5.75 Å². The van der Waals surface area contributed by atoms with E-state index in [1.165, 1.54) is 0 Å². The van der Waals surface area contributed by atoms with Crippen molar-refractivity contribution in [1.29, 1.82) is 0 Å². The lowest BCUT2D eigenvalue weighted by molar-refractivity contribution is -0.0493. The molecular formula is C14H21F2N3O. The highest BCUT2D eigenvalue weighted by molar-refractivity contribution is 5.56. The molecule has 2 rings (SSSR count). The number of ether oxygens (including phenoxy) is 1. The number of likely N-dealkylation sites (N-methyl/N-ethyl adjacent to an activating group) is 1. The zero-order valence-electron chi connectivity index (χ0n) is 11.7. The lowest BCUT2D eigenvalue weighted by atomic mass is 10.3. The summed E-state index contributed by atoms with van der Waals surface area (Å²) in [5, 5.41) is 3.16. The Kier molecular flexibility index (Phi) is 5.55. The molecule has 0 saturated carbocycles. The van der Waals surface area contributed by atoms with Crippen LogP contribution in [0.15, 0.2) is 24.3 Å². The van der Waals surface area contributed by atoms with Crippen molar-refractivity contribution in [3.63, 3.8) is 0 Å². The third kappa shape index (κ3) is 4.61. The molecule has 1 aliphatic heterocycles. The van der Waals surface area contributed by atoms with E-state index in [4.69, 9.17) is 0 Å². The molecule has 20 heavy (non-hydrogen) atoms. The molecule has 0 bridgehead atoms. The average molecular weight is 285 g/mol. The van der Waals surface area contributed by atoms with Crippen molar-refractivity contribution in [2.75, 3.05) is 51.6 Å². The van der Waals surface area contributed by atoms with Crippen LogP contribution in [0.2, 0.25) is 0 Å². The summed E-state index contributed by atoms with van der Waals surface area (Å²) in [6.45, 7) is 3.07. The first-order valence-electron chi connectivity index (χ1n) is 6.84. The van der Waals surface area contributed by atoms with E-state index in [-0.39, 0.29) is 5.75 Å². The van der Waals surface area contributed by atoms with Gasteiger partial charge in [-0.15, -0.1) is 0 Å². The van der Waals surface area contributed by atoms with E-state index >= 15 is 0 Å². The summed E-state index contributed by atoms with van der Waals surface area (Å²) in [6, 6.07) is 6.78. The van der Waals surface area contributed by atoms with Gasteiger partial charge < -0.3 is 15.0 Å². The van der Waals surface area contributed by atoms with E-state index in [1.54, 1.807) is 24.3 Å². The monoisotopic (exact) mass is 285 g/mol. The van der Waals surface area contributed by atoms with Crippen LogP contribution in [-0.4, -0.2) is 62.7 Å². The molecule has 0 amide bonds.